The maximum absolute atomic E-state index is 11.7. The molecule has 0 N–H and O–H groups in total. The van der Waals surface area contributed by atoms with Gasteiger partial charge < -0.3 is 9.64 Å². The van der Waals surface area contributed by atoms with Gasteiger partial charge in [-0.1, -0.05) is 0 Å². The van der Waals surface area contributed by atoms with E-state index in [9.17, 15) is 4.79 Å². The normalized spacial score (nSPS) is 17.9. The van der Waals surface area contributed by atoms with Gasteiger partial charge in [0.2, 0.25) is 0 Å². The van der Waals surface area contributed by atoms with Crippen LogP contribution >= 0.6 is 22.7 Å². The summed E-state index contributed by atoms with van der Waals surface area (Å²) in [6.45, 7) is 5.06. The van der Waals surface area contributed by atoms with Gasteiger partial charge in [0.05, 0.1) is 13.2 Å². The zero-order chi connectivity index (χ0) is 14.3. The summed E-state index contributed by atoms with van der Waals surface area (Å²) in [5.74, 6) is -0.356. The van der Waals surface area contributed by atoms with Gasteiger partial charge in [-0.3, -0.25) is 0 Å². The van der Waals surface area contributed by atoms with E-state index in [1.165, 1.54) is 17.6 Å². The van der Waals surface area contributed by atoms with Crippen molar-refractivity contribution in [1.29, 1.82) is 0 Å². The zero-order valence-electron chi connectivity index (χ0n) is 11.7. The molecule has 2 aromatic heterocycles. The van der Waals surface area contributed by atoms with Crippen molar-refractivity contribution in [2.75, 3.05) is 18.6 Å². The van der Waals surface area contributed by atoms with Crippen molar-refractivity contribution in [3.05, 3.63) is 32.5 Å². The highest BCUT2D eigenvalue weighted by molar-refractivity contribution is 7.15. The number of hydrogen-bond acceptors (Lipinski definition) is 6. The van der Waals surface area contributed by atoms with E-state index in [4.69, 9.17) is 4.74 Å². The molecule has 0 aromatic carbocycles. The Kier molecular flexibility index (Phi) is 3.52. The van der Waals surface area contributed by atoms with E-state index in [0.29, 0.717) is 11.7 Å². The van der Waals surface area contributed by atoms with Crippen LogP contribution in [0.2, 0.25) is 0 Å². The lowest BCUT2D eigenvalue weighted by Gasteiger charge is -2.33. The lowest BCUT2D eigenvalue weighted by molar-refractivity contribution is 0.0594. The van der Waals surface area contributed by atoms with E-state index >= 15 is 0 Å². The molecule has 20 heavy (non-hydrogen) atoms. The molecule has 0 spiro atoms. The standard InChI is InChI=1S/C14H16N2O2S2/c1-8-10-5-7-19-11(10)4-6-16(8)14-15-12(9(2)20-14)13(17)18-3/h5,7-8H,4,6H2,1-3H3. The number of aryl methyl sites for hydroxylation is 1. The van der Waals surface area contributed by atoms with E-state index in [1.54, 1.807) is 11.3 Å². The highest BCUT2D eigenvalue weighted by Gasteiger charge is 2.28. The van der Waals surface area contributed by atoms with Crippen LogP contribution < -0.4 is 4.90 Å². The van der Waals surface area contributed by atoms with Crippen molar-refractivity contribution in [2.24, 2.45) is 0 Å². The molecule has 3 heterocycles. The molecule has 1 atom stereocenters. The van der Waals surface area contributed by atoms with Gasteiger partial charge in [-0.15, -0.1) is 22.7 Å². The highest BCUT2D eigenvalue weighted by Crippen LogP contribution is 2.38. The number of methoxy groups -OCH3 is 1. The van der Waals surface area contributed by atoms with Gasteiger partial charge in [0.1, 0.15) is 0 Å². The molecule has 1 aliphatic heterocycles. The van der Waals surface area contributed by atoms with Crippen molar-refractivity contribution in [1.82, 2.24) is 4.98 Å². The summed E-state index contributed by atoms with van der Waals surface area (Å²) in [4.78, 5) is 20.8. The SMILES string of the molecule is COC(=O)c1nc(N2CCc3sccc3C2C)sc1C. The molecule has 0 saturated heterocycles. The summed E-state index contributed by atoms with van der Waals surface area (Å²) >= 11 is 3.39. The summed E-state index contributed by atoms with van der Waals surface area (Å²) < 4.78 is 4.78. The molecule has 0 bridgehead atoms. The zero-order valence-corrected chi connectivity index (χ0v) is 13.3. The van der Waals surface area contributed by atoms with E-state index in [1.807, 2.05) is 18.3 Å². The maximum Gasteiger partial charge on any atom is 0.357 e. The Morgan fingerprint density at radius 2 is 2.35 bits per heavy atom. The van der Waals surface area contributed by atoms with Crippen LogP contribution in [0.3, 0.4) is 0 Å². The molecule has 106 valence electrons. The molecule has 6 heteroatoms. The Morgan fingerprint density at radius 3 is 3.10 bits per heavy atom. The van der Waals surface area contributed by atoms with Crippen LogP contribution in [0.4, 0.5) is 5.13 Å². The molecular formula is C14H16N2O2S2. The van der Waals surface area contributed by atoms with Gasteiger partial charge in [0, 0.05) is 16.3 Å². The van der Waals surface area contributed by atoms with Gasteiger partial charge in [-0.05, 0) is 37.3 Å². The van der Waals surface area contributed by atoms with Crippen LogP contribution in [0.25, 0.3) is 0 Å². The largest absolute Gasteiger partial charge is 0.464 e. The Bertz CT molecular complexity index is 647. The number of carbonyl (C=O) groups excluding carboxylic acids is 1. The summed E-state index contributed by atoms with van der Waals surface area (Å²) in [6, 6.07) is 2.50. The Hall–Kier alpha value is -1.40. The van der Waals surface area contributed by atoms with Crippen LogP contribution in [-0.4, -0.2) is 24.6 Å². The van der Waals surface area contributed by atoms with E-state index in [2.05, 4.69) is 28.3 Å². The number of carbonyl (C=O) groups is 1. The second-order valence-electron chi connectivity index (χ2n) is 4.81. The molecule has 0 aliphatic carbocycles. The van der Waals surface area contributed by atoms with Crippen molar-refractivity contribution in [2.45, 2.75) is 26.3 Å². The molecular weight excluding hydrogens is 292 g/mol. The molecule has 1 unspecified atom stereocenters. The third-order valence-corrected chi connectivity index (χ3v) is 5.69. The molecule has 3 rings (SSSR count). The van der Waals surface area contributed by atoms with Crippen molar-refractivity contribution in [3.63, 3.8) is 0 Å². The lowest BCUT2D eigenvalue weighted by atomic mass is 10.0. The molecule has 2 aromatic rings. The molecule has 0 saturated carbocycles. The first-order valence-corrected chi connectivity index (χ1v) is 8.20. The van der Waals surface area contributed by atoms with E-state index in [0.717, 1.165) is 23.0 Å². The van der Waals surface area contributed by atoms with Crippen LogP contribution in [0, 0.1) is 6.92 Å². The smallest absolute Gasteiger partial charge is 0.357 e. The van der Waals surface area contributed by atoms with E-state index < -0.39 is 0 Å². The third kappa shape index (κ3) is 2.13. The monoisotopic (exact) mass is 308 g/mol. The number of fused-ring (bicyclic) bond motifs is 1. The van der Waals surface area contributed by atoms with Crippen molar-refractivity contribution >= 4 is 33.8 Å². The number of hydrogen-bond donors (Lipinski definition) is 0. The number of ether oxygens (including phenoxy) is 1. The quantitative estimate of drug-likeness (QED) is 0.797. The molecule has 0 amide bonds. The first-order chi connectivity index (χ1) is 9.61. The molecule has 0 fully saturated rings. The highest BCUT2D eigenvalue weighted by atomic mass is 32.1. The summed E-state index contributed by atoms with van der Waals surface area (Å²) in [5, 5.41) is 3.06. The van der Waals surface area contributed by atoms with Crippen LogP contribution in [-0.2, 0) is 11.2 Å². The minimum Gasteiger partial charge on any atom is -0.464 e. The second-order valence-corrected chi connectivity index (χ2v) is 6.99. The number of nitrogens with zero attached hydrogens (tertiary/aromatic N) is 2. The fourth-order valence-corrected chi connectivity index (χ4v) is 4.53. The average Bonchev–Trinajstić information content (AvgIpc) is 3.05. The predicted molar refractivity (Wildman–Crippen MR) is 82.0 cm³/mol. The summed E-state index contributed by atoms with van der Waals surface area (Å²) in [5.41, 5.74) is 1.82. The number of thiazole rings is 1. The molecule has 1 aliphatic rings. The molecule has 4 nitrogen and oxygen atoms in total. The summed E-state index contributed by atoms with van der Waals surface area (Å²) in [7, 11) is 1.39. The van der Waals surface area contributed by atoms with E-state index in [-0.39, 0.29) is 5.97 Å². The average molecular weight is 308 g/mol. The Labute approximate surface area is 126 Å². The fraction of sp³-hybridized carbons (Fsp3) is 0.429. The van der Waals surface area contributed by atoms with Crippen LogP contribution in [0.15, 0.2) is 11.4 Å². The topological polar surface area (TPSA) is 42.4 Å². The van der Waals surface area contributed by atoms with Gasteiger partial charge in [-0.2, -0.15) is 0 Å². The minimum atomic E-state index is -0.356. The van der Waals surface area contributed by atoms with Crippen molar-refractivity contribution < 1.29 is 9.53 Å². The van der Waals surface area contributed by atoms with Gasteiger partial charge in [0.25, 0.3) is 0 Å². The number of thiophene rings is 1. The maximum atomic E-state index is 11.7. The van der Waals surface area contributed by atoms with Crippen molar-refractivity contribution in [3.8, 4) is 0 Å². The van der Waals surface area contributed by atoms with Crippen LogP contribution in [0.1, 0.15) is 38.8 Å². The Morgan fingerprint density at radius 1 is 1.55 bits per heavy atom. The minimum absolute atomic E-state index is 0.307. The third-order valence-electron chi connectivity index (χ3n) is 3.69. The fourth-order valence-electron chi connectivity index (χ4n) is 2.56. The second kappa shape index (κ2) is 5.18. The van der Waals surface area contributed by atoms with Gasteiger partial charge in [-0.25, -0.2) is 9.78 Å². The van der Waals surface area contributed by atoms with Crippen LogP contribution in [0.5, 0.6) is 0 Å². The molecule has 0 radical (unpaired) electrons. The number of anilines is 1. The first-order valence-electron chi connectivity index (χ1n) is 6.50. The number of rotatable bonds is 2. The lowest BCUT2D eigenvalue weighted by Crippen LogP contribution is -2.33. The first kappa shape index (κ1) is 13.6. The van der Waals surface area contributed by atoms with Gasteiger partial charge >= 0.3 is 5.97 Å². The van der Waals surface area contributed by atoms with Gasteiger partial charge in [0.15, 0.2) is 10.8 Å². The number of aromatic nitrogens is 1. The summed E-state index contributed by atoms with van der Waals surface area (Å²) in [6.07, 6.45) is 1.05. The Balaban J connectivity index is 1.93. The predicted octanol–water partition coefficient (Wildman–Crippen LogP) is 3.42. The number of esters is 1.